The zero-order valence-corrected chi connectivity index (χ0v) is 19.1. The third kappa shape index (κ3) is 4.02. The van der Waals surface area contributed by atoms with Gasteiger partial charge in [0.05, 0.1) is 36.4 Å². The Morgan fingerprint density at radius 1 is 1.24 bits per heavy atom. The van der Waals surface area contributed by atoms with Gasteiger partial charge in [-0.15, -0.1) is 0 Å². The lowest BCUT2D eigenvalue weighted by atomic mass is 10.0. The van der Waals surface area contributed by atoms with E-state index in [4.69, 9.17) is 4.42 Å². The van der Waals surface area contributed by atoms with Gasteiger partial charge in [0, 0.05) is 23.2 Å². The zero-order valence-electron chi connectivity index (χ0n) is 18.3. The Balaban J connectivity index is 1.80. The minimum absolute atomic E-state index is 0.0418. The van der Waals surface area contributed by atoms with Crippen molar-refractivity contribution < 1.29 is 22.3 Å². The number of benzene rings is 2. The molecule has 2 aromatic carbocycles. The Bertz CT molecular complexity index is 1440. The summed E-state index contributed by atoms with van der Waals surface area (Å²) in [5.74, 6) is 1.03. The van der Waals surface area contributed by atoms with E-state index in [-0.39, 0.29) is 24.9 Å². The van der Waals surface area contributed by atoms with Crippen molar-refractivity contribution in [1.29, 1.82) is 0 Å². The molecule has 0 unspecified atom stereocenters. The third-order valence-corrected chi connectivity index (χ3v) is 7.06. The van der Waals surface area contributed by atoms with Gasteiger partial charge >= 0.3 is 0 Å². The topological polar surface area (TPSA) is 99.4 Å². The number of sulfonamides is 1. The van der Waals surface area contributed by atoms with E-state index in [2.05, 4.69) is 9.97 Å². The molecule has 2 N–H and O–H groups in total. The summed E-state index contributed by atoms with van der Waals surface area (Å²) in [5.41, 5.74) is 4.15. The molecule has 0 saturated heterocycles. The van der Waals surface area contributed by atoms with Crippen LogP contribution >= 0.6 is 0 Å². The van der Waals surface area contributed by atoms with Crippen LogP contribution in [0.4, 0.5) is 10.1 Å². The molecule has 9 heteroatoms. The maximum atomic E-state index is 13.6. The van der Waals surface area contributed by atoms with Gasteiger partial charge in [-0.05, 0) is 61.6 Å². The van der Waals surface area contributed by atoms with Gasteiger partial charge in [-0.1, -0.05) is 0 Å². The molecule has 33 heavy (non-hydrogen) atoms. The largest absolute Gasteiger partial charge is 0.455 e. The summed E-state index contributed by atoms with van der Waals surface area (Å²) < 4.78 is 46.1. The van der Waals surface area contributed by atoms with E-state index < -0.39 is 10.0 Å². The predicted molar refractivity (Wildman–Crippen MR) is 125 cm³/mol. The Labute approximate surface area is 190 Å². The van der Waals surface area contributed by atoms with Crippen LogP contribution in [0.1, 0.15) is 30.0 Å². The van der Waals surface area contributed by atoms with Gasteiger partial charge in [0.2, 0.25) is 10.0 Å². The first-order valence-electron chi connectivity index (χ1n) is 10.7. The van der Waals surface area contributed by atoms with Crippen molar-refractivity contribution in [2.45, 2.75) is 25.7 Å². The number of imidazole rings is 1. The molecule has 1 aliphatic carbocycles. The minimum atomic E-state index is -3.61. The zero-order chi connectivity index (χ0) is 23.3. The van der Waals surface area contributed by atoms with Gasteiger partial charge in [-0.3, -0.25) is 4.31 Å². The smallest absolute Gasteiger partial charge is 0.232 e. The molecule has 0 spiro atoms. The molecular formula is C24H24FN3O4S. The first-order chi connectivity index (χ1) is 15.8. The van der Waals surface area contributed by atoms with Crippen molar-refractivity contribution in [3.8, 4) is 22.7 Å². The van der Waals surface area contributed by atoms with Crippen molar-refractivity contribution in [2.24, 2.45) is 0 Å². The molecule has 0 bridgehead atoms. The molecule has 172 valence electrons. The Morgan fingerprint density at radius 3 is 2.55 bits per heavy atom. The molecule has 0 radical (unpaired) electrons. The lowest BCUT2D eigenvalue weighted by molar-refractivity contribution is 0.306. The highest BCUT2D eigenvalue weighted by atomic mass is 32.2. The highest BCUT2D eigenvalue weighted by Crippen LogP contribution is 2.49. The number of aryl methyl sites for hydroxylation is 1. The molecule has 0 aliphatic heterocycles. The van der Waals surface area contributed by atoms with E-state index in [9.17, 15) is 17.9 Å². The molecule has 5 rings (SSSR count). The van der Waals surface area contributed by atoms with Crippen LogP contribution in [0.15, 0.2) is 47.0 Å². The second kappa shape index (κ2) is 8.00. The van der Waals surface area contributed by atoms with Crippen molar-refractivity contribution in [1.82, 2.24) is 9.97 Å². The van der Waals surface area contributed by atoms with Crippen LogP contribution in [-0.2, 0) is 10.0 Å². The lowest BCUT2D eigenvalue weighted by Crippen LogP contribution is -2.33. The van der Waals surface area contributed by atoms with E-state index in [0.29, 0.717) is 28.4 Å². The fourth-order valence-corrected chi connectivity index (χ4v) is 5.15. The van der Waals surface area contributed by atoms with Crippen LogP contribution < -0.4 is 4.31 Å². The number of H-pyrrole nitrogens is 1. The first kappa shape index (κ1) is 21.7. The highest BCUT2D eigenvalue weighted by Gasteiger charge is 2.32. The second-order valence-electron chi connectivity index (χ2n) is 8.44. The number of aromatic nitrogens is 2. The van der Waals surface area contributed by atoms with Gasteiger partial charge < -0.3 is 14.5 Å². The quantitative estimate of drug-likeness (QED) is 0.413. The van der Waals surface area contributed by atoms with Crippen LogP contribution in [0, 0.1) is 12.7 Å². The molecule has 0 atom stereocenters. The van der Waals surface area contributed by atoms with Crippen LogP contribution in [0.3, 0.4) is 0 Å². The van der Waals surface area contributed by atoms with Crippen molar-refractivity contribution >= 4 is 26.7 Å². The summed E-state index contributed by atoms with van der Waals surface area (Å²) in [6.45, 7) is 1.54. The van der Waals surface area contributed by atoms with E-state index in [1.54, 1.807) is 24.4 Å². The molecular weight excluding hydrogens is 445 g/mol. The fourth-order valence-electron chi connectivity index (χ4n) is 4.22. The molecule has 2 aromatic heterocycles. The number of hydrogen-bond donors (Lipinski definition) is 2. The number of rotatable bonds is 7. The summed E-state index contributed by atoms with van der Waals surface area (Å²) >= 11 is 0. The van der Waals surface area contributed by atoms with Crippen molar-refractivity contribution in [2.75, 3.05) is 23.7 Å². The van der Waals surface area contributed by atoms with Crippen molar-refractivity contribution in [3.63, 3.8) is 0 Å². The molecule has 4 aromatic rings. The standard InChI is InChI=1S/C24H24FN3O4S/c1-14-13-26-24(27-14)22-19-11-18(15-3-4-15)20(28(9-10-29)33(2,30)31)12-21(19)32-23(22)16-5-7-17(25)8-6-16/h5-8,11-13,15,29H,3-4,9-10H2,1-2H3,(H,26,27). The molecule has 2 heterocycles. The van der Waals surface area contributed by atoms with E-state index in [1.165, 1.54) is 16.4 Å². The average Bonchev–Trinajstić information content (AvgIpc) is 3.42. The first-order valence-corrected chi connectivity index (χ1v) is 12.6. The Kier molecular flexibility index (Phi) is 5.25. The predicted octanol–water partition coefficient (Wildman–Crippen LogP) is 4.57. The second-order valence-corrected chi connectivity index (χ2v) is 10.4. The number of aromatic amines is 1. The van der Waals surface area contributed by atoms with Gasteiger partial charge in [-0.25, -0.2) is 17.8 Å². The van der Waals surface area contributed by atoms with Crippen LogP contribution in [-0.4, -0.2) is 42.9 Å². The van der Waals surface area contributed by atoms with Gasteiger partial charge in [0.15, 0.2) is 0 Å². The molecule has 1 fully saturated rings. The number of aliphatic hydroxyl groups is 1. The minimum Gasteiger partial charge on any atom is -0.455 e. The molecule has 0 amide bonds. The van der Waals surface area contributed by atoms with Gasteiger partial charge in [0.1, 0.15) is 23.0 Å². The number of hydrogen-bond acceptors (Lipinski definition) is 5. The third-order valence-electron chi connectivity index (χ3n) is 5.88. The van der Waals surface area contributed by atoms with E-state index >= 15 is 0 Å². The lowest BCUT2D eigenvalue weighted by Gasteiger charge is -2.24. The van der Waals surface area contributed by atoms with E-state index in [0.717, 1.165) is 41.3 Å². The fraction of sp³-hybridized carbons (Fsp3) is 0.292. The van der Waals surface area contributed by atoms with Crippen molar-refractivity contribution in [3.05, 3.63) is 59.7 Å². The number of aliphatic hydroxyl groups excluding tert-OH is 1. The van der Waals surface area contributed by atoms with Crippen LogP contribution in [0.25, 0.3) is 33.7 Å². The Morgan fingerprint density at radius 2 is 1.97 bits per heavy atom. The van der Waals surface area contributed by atoms with Crippen LogP contribution in [0.5, 0.6) is 0 Å². The van der Waals surface area contributed by atoms with Gasteiger partial charge in [0.25, 0.3) is 0 Å². The summed E-state index contributed by atoms with van der Waals surface area (Å²) in [5, 5.41) is 10.3. The number of halogens is 1. The summed E-state index contributed by atoms with van der Waals surface area (Å²) in [4.78, 5) is 7.78. The molecule has 1 saturated carbocycles. The maximum absolute atomic E-state index is 13.6. The monoisotopic (exact) mass is 469 g/mol. The Hall–Kier alpha value is -3.17. The average molecular weight is 470 g/mol. The number of nitrogens with zero attached hydrogens (tertiary/aromatic N) is 2. The number of anilines is 1. The number of nitrogens with one attached hydrogen (secondary N) is 1. The summed E-state index contributed by atoms with van der Waals surface area (Å²) in [6.07, 6.45) is 4.86. The molecule has 7 nitrogen and oxygen atoms in total. The maximum Gasteiger partial charge on any atom is 0.232 e. The summed E-state index contributed by atoms with van der Waals surface area (Å²) in [6, 6.07) is 9.72. The highest BCUT2D eigenvalue weighted by molar-refractivity contribution is 7.92. The normalized spacial score (nSPS) is 14.2. The SMILES string of the molecule is Cc1c[nH]c(-c2c(-c3ccc(F)cc3)oc3cc(N(CCO)S(C)(=O)=O)c(C4CC4)cc23)n1. The van der Waals surface area contributed by atoms with E-state index in [1.807, 2.05) is 13.0 Å². The summed E-state index contributed by atoms with van der Waals surface area (Å²) in [7, 11) is -3.61. The van der Waals surface area contributed by atoms with Crippen LogP contribution in [0.2, 0.25) is 0 Å². The van der Waals surface area contributed by atoms with Gasteiger partial charge in [-0.2, -0.15) is 0 Å². The number of fused-ring (bicyclic) bond motifs is 1. The molecule has 1 aliphatic rings. The number of furan rings is 1.